The highest BCUT2D eigenvalue weighted by atomic mass is 79.9. The summed E-state index contributed by atoms with van der Waals surface area (Å²) < 4.78 is 0.887. The van der Waals surface area contributed by atoms with Crippen molar-refractivity contribution in [3.8, 4) is 0 Å². The number of hydrogen-bond donors (Lipinski definition) is 1. The lowest BCUT2D eigenvalue weighted by Crippen LogP contribution is -2.42. The van der Waals surface area contributed by atoms with Gasteiger partial charge >= 0.3 is 0 Å². The Bertz CT molecular complexity index is 451. The molecule has 0 unspecified atom stereocenters. The molecule has 0 aliphatic carbocycles. The van der Waals surface area contributed by atoms with Crippen LogP contribution in [0.25, 0.3) is 0 Å². The summed E-state index contributed by atoms with van der Waals surface area (Å²) in [6.45, 7) is 6.05. The van der Waals surface area contributed by atoms with Crippen LogP contribution < -0.4 is 5.73 Å². The molecule has 18 heavy (non-hydrogen) atoms. The maximum Gasteiger partial charge on any atom is 0.256 e. The van der Waals surface area contributed by atoms with E-state index in [1.807, 2.05) is 17.0 Å². The van der Waals surface area contributed by atoms with E-state index in [1.165, 1.54) is 6.42 Å². The Morgan fingerprint density at radius 2 is 1.94 bits per heavy atom. The number of amides is 1. The van der Waals surface area contributed by atoms with Gasteiger partial charge in [-0.15, -0.1) is 0 Å². The van der Waals surface area contributed by atoms with Gasteiger partial charge in [0.25, 0.3) is 5.91 Å². The van der Waals surface area contributed by atoms with E-state index >= 15 is 0 Å². The van der Waals surface area contributed by atoms with Crippen LogP contribution in [-0.2, 0) is 0 Å². The Morgan fingerprint density at radius 3 is 2.56 bits per heavy atom. The molecule has 2 rings (SSSR count). The van der Waals surface area contributed by atoms with Gasteiger partial charge in [-0.2, -0.15) is 0 Å². The molecule has 0 spiro atoms. The van der Waals surface area contributed by atoms with E-state index in [0.29, 0.717) is 23.1 Å². The average molecular weight is 311 g/mol. The zero-order chi connectivity index (χ0) is 13.3. The molecule has 2 N–H and O–H groups in total. The number of benzene rings is 1. The smallest absolute Gasteiger partial charge is 0.256 e. The lowest BCUT2D eigenvalue weighted by Gasteiger charge is -2.35. The fraction of sp³-hybridized carbons (Fsp3) is 0.500. The summed E-state index contributed by atoms with van der Waals surface area (Å²) in [5.41, 5.74) is 7.05. The van der Waals surface area contributed by atoms with Gasteiger partial charge in [0.15, 0.2) is 0 Å². The summed E-state index contributed by atoms with van der Waals surface area (Å²) in [6, 6.07) is 5.43. The molecule has 1 amide bonds. The van der Waals surface area contributed by atoms with E-state index in [-0.39, 0.29) is 5.91 Å². The number of carbonyl (C=O) groups excluding carboxylic acids is 1. The van der Waals surface area contributed by atoms with E-state index < -0.39 is 0 Å². The van der Waals surface area contributed by atoms with Gasteiger partial charge in [0.2, 0.25) is 0 Å². The highest BCUT2D eigenvalue weighted by molar-refractivity contribution is 9.10. The summed E-state index contributed by atoms with van der Waals surface area (Å²) in [7, 11) is 0. The third-order valence-corrected chi connectivity index (χ3v) is 3.90. The first kappa shape index (κ1) is 13.4. The molecule has 1 aliphatic rings. The van der Waals surface area contributed by atoms with Crippen molar-refractivity contribution in [2.75, 3.05) is 18.8 Å². The fourth-order valence-corrected chi connectivity index (χ4v) is 3.07. The van der Waals surface area contributed by atoms with Crippen LogP contribution in [0.3, 0.4) is 0 Å². The quantitative estimate of drug-likeness (QED) is 0.810. The minimum atomic E-state index is 0.0483. The Morgan fingerprint density at radius 1 is 1.33 bits per heavy atom. The Labute approximate surface area is 116 Å². The number of piperidine rings is 1. The predicted octanol–water partition coefficient (Wildman–Crippen LogP) is 3.15. The Hall–Kier alpha value is -1.03. The first-order valence-electron chi connectivity index (χ1n) is 6.31. The number of nitrogens with zero attached hydrogens (tertiary/aromatic N) is 1. The van der Waals surface area contributed by atoms with Crippen molar-refractivity contribution < 1.29 is 4.79 Å². The van der Waals surface area contributed by atoms with E-state index in [4.69, 9.17) is 5.73 Å². The van der Waals surface area contributed by atoms with Gasteiger partial charge in [-0.1, -0.05) is 29.8 Å². The van der Waals surface area contributed by atoms with Crippen molar-refractivity contribution in [3.05, 3.63) is 28.2 Å². The minimum absolute atomic E-state index is 0.0483. The number of carbonyl (C=O) groups is 1. The molecular formula is C14H19BrN2O. The highest BCUT2D eigenvalue weighted by Crippen LogP contribution is 2.25. The lowest BCUT2D eigenvalue weighted by atomic mass is 9.91. The average Bonchev–Trinajstić information content (AvgIpc) is 2.30. The van der Waals surface area contributed by atoms with Crippen LogP contribution in [0.4, 0.5) is 5.69 Å². The molecule has 0 bridgehead atoms. The predicted molar refractivity (Wildman–Crippen MR) is 77.4 cm³/mol. The second-order valence-electron chi connectivity index (χ2n) is 5.39. The zero-order valence-electron chi connectivity index (χ0n) is 10.8. The van der Waals surface area contributed by atoms with Crippen molar-refractivity contribution in [2.24, 2.45) is 11.8 Å². The summed E-state index contributed by atoms with van der Waals surface area (Å²) in [6.07, 6.45) is 1.19. The molecule has 3 nitrogen and oxygen atoms in total. The molecule has 2 atom stereocenters. The third-order valence-electron chi connectivity index (χ3n) is 3.40. The van der Waals surface area contributed by atoms with Crippen LogP contribution in [0, 0.1) is 11.8 Å². The molecule has 1 fully saturated rings. The molecule has 1 saturated heterocycles. The van der Waals surface area contributed by atoms with Gasteiger partial charge in [0.1, 0.15) is 0 Å². The van der Waals surface area contributed by atoms with E-state index in [1.54, 1.807) is 6.07 Å². The number of halogens is 1. The number of nitrogens with two attached hydrogens (primary N) is 1. The zero-order valence-corrected chi connectivity index (χ0v) is 12.4. The molecule has 4 heteroatoms. The molecule has 0 radical (unpaired) electrons. The second-order valence-corrected chi connectivity index (χ2v) is 6.30. The normalized spacial score (nSPS) is 24.1. The van der Waals surface area contributed by atoms with Crippen molar-refractivity contribution in [3.63, 3.8) is 0 Å². The summed E-state index contributed by atoms with van der Waals surface area (Å²) >= 11 is 3.39. The van der Waals surface area contributed by atoms with E-state index in [9.17, 15) is 4.79 Å². The molecule has 98 valence electrons. The lowest BCUT2D eigenvalue weighted by molar-refractivity contribution is 0.0624. The van der Waals surface area contributed by atoms with Crippen LogP contribution in [0.5, 0.6) is 0 Å². The van der Waals surface area contributed by atoms with Crippen LogP contribution in [-0.4, -0.2) is 23.9 Å². The molecule has 1 heterocycles. The van der Waals surface area contributed by atoms with Crippen LogP contribution in [0.1, 0.15) is 30.6 Å². The minimum Gasteiger partial charge on any atom is -0.398 e. The maximum atomic E-state index is 12.5. The monoisotopic (exact) mass is 310 g/mol. The number of likely N-dealkylation sites (tertiary alicyclic amines) is 1. The Kier molecular flexibility index (Phi) is 3.95. The van der Waals surface area contributed by atoms with Gasteiger partial charge < -0.3 is 10.6 Å². The number of anilines is 1. The van der Waals surface area contributed by atoms with Crippen LogP contribution >= 0.6 is 15.9 Å². The van der Waals surface area contributed by atoms with Crippen molar-refractivity contribution >= 4 is 27.5 Å². The molecule has 1 aliphatic heterocycles. The number of nitrogen functional groups attached to an aromatic ring is 1. The standard InChI is InChI=1S/C14H19BrN2O/c1-9-5-10(2)8-17(7-9)14(18)12-6-11(15)3-4-13(12)16/h3-4,6,9-10H,5,7-8,16H2,1-2H3/t9-,10+. The van der Waals surface area contributed by atoms with Crippen molar-refractivity contribution in [1.82, 2.24) is 4.90 Å². The first-order valence-corrected chi connectivity index (χ1v) is 7.11. The van der Waals surface area contributed by atoms with Crippen LogP contribution in [0.15, 0.2) is 22.7 Å². The Balaban J connectivity index is 2.22. The molecule has 0 aromatic heterocycles. The van der Waals surface area contributed by atoms with Gasteiger partial charge in [-0.05, 0) is 36.5 Å². The first-order chi connectivity index (χ1) is 8.47. The molecule has 0 saturated carbocycles. The van der Waals surface area contributed by atoms with Crippen molar-refractivity contribution in [1.29, 1.82) is 0 Å². The second kappa shape index (κ2) is 5.31. The largest absolute Gasteiger partial charge is 0.398 e. The van der Waals surface area contributed by atoms with Crippen LogP contribution in [0.2, 0.25) is 0 Å². The van der Waals surface area contributed by atoms with E-state index in [0.717, 1.165) is 17.6 Å². The number of hydrogen-bond acceptors (Lipinski definition) is 2. The van der Waals surface area contributed by atoms with Gasteiger partial charge in [0, 0.05) is 23.2 Å². The van der Waals surface area contributed by atoms with E-state index in [2.05, 4.69) is 29.8 Å². The summed E-state index contributed by atoms with van der Waals surface area (Å²) in [5.74, 6) is 1.17. The number of rotatable bonds is 1. The topological polar surface area (TPSA) is 46.3 Å². The maximum absolute atomic E-state index is 12.5. The third kappa shape index (κ3) is 2.86. The fourth-order valence-electron chi connectivity index (χ4n) is 2.71. The highest BCUT2D eigenvalue weighted by Gasteiger charge is 2.27. The molecule has 1 aromatic carbocycles. The van der Waals surface area contributed by atoms with Gasteiger partial charge in [-0.25, -0.2) is 0 Å². The van der Waals surface area contributed by atoms with Gasteiger partial charge in [0.05, 0.1) is 5.56 Å². The molecule has 1 aromatic rings. The SMILES string of the molecule is C[C@@H]1C[C@H](C)CN(C(=O)c2cc(Br)ccc2N)C1. The summed E-state index contributed by atoms with van der Waals surface area (Å²) in [4.78, 5) is 14.4. The summed E-state index contributed by atoms with van der Waals surface area (Å²) in [5, 5.41) is 0. The molecular weight excluding hydrogens is 292 g/mol. The van der Waals surface area contributed by atoms with Crippen molar-refractivity contribution in [2.45, 2.75) is 20.3 Å². The van der Waals surface area contributed by atoms with Gasteiger partial charge in [-0.3, -0.25) is 4.79 Å².